The van der Waals surface area contributed by atoms with Gasteiger partial charge in [0.2, 0.25) is 0 Å². The molecule has 0 saturated heterocycles. The van der Waals surface area contributed by atoms with Gasteiger partial charge in [-0.15, -0.1) is 0 Å². The van der Waals surface area contributed by atoms with E-state index in [1.807, 2.05) is 24.3 Å². The molecule has 1 unspecified atom stereocenters. The largest absolute Gasteiger partial charge is 0.493 e. The number of para-hydroxylation sites is 1. The maximum atomic E-state index is 12.6. The molecule has 1 aliphatic rings. The Labute approximate surface area is 276 Å². The summed E-state index contributed by atoms with van der Waals surface area (Å²) in [6.07, 6.45) is -0.460. The quantitative estimate of drug-likeness (QED) is 0.1000. The van der Waals surface area contributed by atoms with E-state index in [-0.39, 0.29) is 45.5 Å². The van der Waals surface area contributed by atoms with Gasteiger partial charge in [-0.1, -0.05) is 23.4 Å². The number of hydrogen-bond acceptors (Lipinski definition) is 11. The number of ether oxygens (including phenoxy) is 3. The van der Waals surface area contributed by atoms with Crippen molar-refractivity contribution in [2.24, 2.45) is 0 Å². The molecule has 0 bridgehead atoms. The van der Waals surface area contributed by atoms with E-state index in [2.05, 4.69) is 15.8 Å². The number of carbonyl (C=O) groups excluding carboxylic acids is 1. The molecule has 12 nitrogen and oxygen atoms in total. The zero-order valence-electron chi connectivity index (χ0n) is 26.1. The molecule has 248 valence electrons. The van der Waals surface area contributed by atoms with E-state index < -0.39 is 6.17 Å². The third-order valence-corrected chi connectivity index (χ3v) is 8.12. The number of amides is 1. The second-order valence-electron chi connectivity index (χ2n) is 11.0. The van der Waals surface area contributed by atoms with E-state index in [4.69, 9.17) is 18.7 Å². The Morgan fingerprint density at radius 2 is 1.44 bits per heavy atom. The molecular formula is C36H35N3O9. The van der Waals surface area contributed by atoms with Crippen molar-refractivity contribution in [2.75, 3.05) is 25.6 Å². The number of carbonyl (C=O) groups is 1. The minimum Gasteiger partial charge on any atom is -0.493 e. The molecule has 6 rings (SSSR count). The number of rotatable bonds is 13. The number of nitrogens with one attached hydrogen (secondary N) is 2. The molecule has 0 fully saturated rings. The van der Waals surface area contributed by atoms with Crippen LogP contribution in [0.15, 0.2) is 83.4 Å². The molecule has 6 N–H and O–H groups in total. The average molecular weight is 654 g/mol. The number of anilines is 1. The van der Waals surface area contributed by atoms with Crippen molar-refractivity contribution in [3.05, 3.63) is 112 Å². The van der Waals surface area contributed by atoms with Gasteiger partial charge in [-0.05, 0) is 76.9 Å². The van der Waals surface area contributed by atoms with Crippen LogP contribution < -0.4 is 24.8 Å². The zero-order chi connectivity index (χ0) is 33.6. The Hall–Kier alpha value is -5.40. The summed E-state index contributed by atoms with van der Waals surface area (Å²) in [6, 6.07) is 23.1. The first kappa shape index (κ1) is 32.5. The van der Waals surface area contributed by atoms with Crippen molar-refractivity contribution >= 4 is 11.6 Å². The van der Waals surface area contributed by atoms with Crippen LogP contribution in [0.25, 0.3) is 22.6 Å². The maximum absolute atomic E-state index is 12.6. The molecule has 0 aliphatic carbocycles. The van der Waals surface area contributed by atoms with Crippen molar-refractivity contribution in [3.8, 4) is 39.8 Å². The number of aromatic nitrogens is 1. The van der Waals surface area contributed by atoms with Gasteiger partial charge >= 0.3 is 0 Å². The number of benzene rings is 4. The molecule has 2 heterocycles. The van der Waals surface area contributed by atoms with Crippen LogP contribution in [-0.2, 0) is 26.4 Å². The van der Waals surface area contributed by atoms with E-state index in [0.29, 0.717) is 67.6 Å². The monoisotopic (exact) mass is 653 g/mol. The zero-order valence-corrected chi connectivity index (χ0v) is 26.1. The summed E-state index contributed by atoms with van der Waals surface area (Å²) < 4.78 is 23.1. The third-order valence-electron chi connectivity index (χ3n) is 8.12. The lowest BCUT2D eigenvalue weighted by Crippen LogP contribution is -2.38. The van der Waals surface area contributed by atoms with E-state index in [9.17, 15) is 25.2 Å². The summed E-state index contributed by atoms with van der Waals surface area (Å²) >= 11 is 0. The van der Waals surface area contributed by atoms with Crippen molar-refractivity contribution in [3.63, 3.8) is 0 Å². The van der Waals surface area contributed by atoms with Crippen LogP contribution in [0.4, 0.5) is 5.69 Å². The summed E-state index contributed by atoms with van der Waals surface area (Å²) in [4.78, 5) is 12.6. The molecule has 0 saturated carbocycles. The summed E-state index contributed by atoms with van der Waals surface area (Å²) in [5.74, 6) is 1.72. The second-order valence-corrected chi connectivity index (χ2v) is 11.0. The van der Waals surface area contributed by atoms with Gasteiger partial charge in [-0.3, -0.25) is 4.79 Å². The fourth-order valence-corrected chi connectivity index (χ4v) is 5.64. The molecule has 1 amide bonds. The van der Waals surface area contributed by atoms with Gasteiger partial charge in [0, 0.05) is 28.4 Å². The Kier molecular flexibility index (Phi) is 9.88. The van der Waals surface area contributed by atoms with Crippen molar-refractivity contribution in [1.29, 1.82) is 0 Å². The standard InChI is InChI=1S/C36H35N3O9/c1-45-32-9-6-21(33-16-30(39-48-33)23-13-24(17-40)28(20-43)25(14-23)18-41)15-34(32)47-11-10-46-31-8-7-22(12-26(31)19-42)35-37-29-5-3-2-4-27(29)36(44)38-35/h2-9,12-16,35,37,40-43H,10-11,17-20H2,1H3,(H,38,44). The Bertz CT molecular complexity index is 1900. The maximum Gasteiger partial charge on any atom is 0.255 e. The van der Waals surface area contributed by atoms with Crippen LogP contribution in [0.3, 0.4) is 0 Å². The highest BCUT2D eigenvalue weighted by Gasteiger charge is 2.25. The van der Waals surface area contributed by atoms with Gasteiger partial charge < -0.3 is 49.8 Å². The lowest BCUT2D eigenvalue weighted by molar-refractivity contribution is 0.0935. The van der Waals surface area contributed by atoms with E-state index >= 15 is 0 Å². The van der Waals surface area contributed by atoms with Crippen LogP contribution >= 0.6 is 0 Å². The average Bonchev–Trinajstić information content (AvgIpc) is 3.63. The first-order chi connectivity index (χ1) is 23.5. The second kappa shape index (κ2) is 14.6. The topological polar surface area (TPSA) is 176 Å². The van der Waals surface area contributed by atoms with Crippen LogP contribution in [0.5, 0.6) is 17.2 Å². The van der Waals surface area contributed by atoms with Gasteiger partial charge in [-0.2, -0.15) is 0 Å². The fourth-order valence-electron chi connectivity index (χ4n) is 5.64. The summed E-state index contributed by atoms with van der Waals surface area (Å²) in [5, 5.41) is 49.7. The molecule has 48 heavy (non-hydrogen) atoms. The molecule has 1 atom stereocenters. The highest BCUT2D eigenvalue weighted by atomic mass is 16.5. The van der Waals surface area contributed by atoms with E-state index in [1.54, 1.807) is 54.6 Å². The minimum absolute atomic E-state index is 0.163. The van der Waals surface area contributed by atoms with Crippen molar-refractivity contribution in [1.82, 2.24) is 10.5 Å². The molecule has 1 aliphatic heterocycles. The smallest absolute Gasteiger partial charge is 0.255 e. The van der Waals surface area contributed by atoms with Gasteiger partial charge in [-0.25, -0.2) is 0 Å². The van der Waals surface area contributed by atoms with E-state index in [1.165, 1.54) is 7.11 Å². The van der Waals surface area contributed by atoms with Gasteiger partial charge in [0.1, 0.15) is 30.8 Å². The van der Waals surface area contributed by atoms with Crippen molar-refractivity contribution in [2.45, 2.75) is 32.6 Å². The Balaban J connectivity index is 1.12. The van der Waals surface area contributed by atoms with Crippen LogP contribution in [0.2, 0.25) is 0 Å². The summed E-state index contributed by atoms with van der Waals surface area (Å²) in [5.41, 5.74) is 5.90. The number of fused-ring (bicyclic) bond motifs is 1. The van der Waals surface area contributed by atoms with Gasteiger partial charge in [0.05, 0.1) is 39.1 Å². The SMILES string of the molecule is COc1ccc(-c2cc(-c3cc(CO)c(CO)c(CO)c3)no2)cc1OCCOc1ccc(C2NC(=O)c3ccccc3N2)cc1CO. The highest BCUT2D eigenvalue weighted by molar-refractivity contribution is 6.01. The number of hydrogen-bond donors (Lipinski definition) is 6. The summed E-state index contributed by atoms with van der Waals surface area (Å²) in [7, 11) is 1.54. The predicted molar refractivity (Wildman–Crippen MR) is 175 cm³/mol. The third kappa shape index (κ3) is 6.68. The number of aliphatic hydroxyl groups excluding tert-OH is 4. The molecule has 4 aromatic carbocycles. The first-order valence-electron chi connectivity index (χ1n) is 15.2. The number of aliphatic hydroxyl groups is 4. The Morgan fingerprint density at radius 1 is 0.729 bits per heavy atom. The van der Waals surface area contributed by atoms with Gasteiger partial charge in [0.15, 0.2) is 17.3 Å². The minimum atomic E-state index is -0.460. The molecule has 0 spiro atoms. The van der Waals surface area contributed by atoms with E-state index in [0.717, 1.165) is 11.3 Å². The van der Waals surface area contributed by atoms with Gasteiger partial charge in [0.25, 0.3) is 5.91 Å². The molecule has 0 radical (unpaired) electrons. The normalized spacial score (nSPS) is 13.8. The molecule has 1 aromatic heterocycles. The highest BCUT2D eigenvalue weighted by Crippen LogP contribution is 2.35. The number of methoxy groups -OCH3 is 1. The Morgan fingerprint density at radius 3 is 2.15 bits per heavy atom. The van der Waals surface area contributed by atoms with Crippen LogP contribution in [-0.4, -0.2) is 51.8 Å². The molecular weight excluding hydrogens is 618 g/mol. The van der Waals surface area contributed by atoms with Crippen molar-refractivity contribution < 1.29 is 44.0 Å². The lowest BCUT2D eigenvalue weighted by atomic mass is 9.97. The van der Waals surface area contributed by atoms with Crippen LogP contribution in [0.1, 0.15) is 44.3 Å². The number of nitrogens with zero attached hydrogens (tertiary/aromatic N) is 1. The summed E-state index contributed by atoms with van der Waals surface area (Å²) in [6.45, 7) is -0.837. The molecule has 12 heteroatoms. The van der Waals surface area contributed by atoms with Crippen LogP contribution in [0, 0.1) is 0 Å². The molecule has 5 aromatic rings. The fraction of sp³-hybridized carbons (Fsp3) is 0.222. The predicted octanol–water partition coefficient (Wildman–Crippen LogP) is 4.30. The first-order valence-corrected chi connectivity index (χ1v) is 15.2. The lowest BCUT2D eigenvalue weighted by Gasteiger charge is -2.28.